The molecular weight excluding hydrogens is 484 g/mol. The van der Waals surface area contributed by atoms with Gasteiger partial charge in [0.25, 0.3) is 11.8 Å². The lowest BCUT2D eigenvalue weighted by Crippen LogP contribution is -2.47. The van der Waals surface area contributed by atoms with Gasteiger partial charge in [-0.05, 0) is 77.5 Å². The minimum absolute atomic E-state index is 0.0242. The number of likely N-dealkylation sites (N-methyl/N-ethyl adjacent to an activating group) is 1. The number of hydrogen-bond acceptors (Lipinski definition) is 7. The first-order valence-corrected chi connectivity index (χ1v) is 13.4. The third kappa shape index (κ3) is 8.24. The maximum absolute atomic E-state index is 14.1. The molecule has 2 amide bonds. The minimum Gasteiger partial charge on any atom is -0.490 e. The van der Waals surface area contributed by atoms with Gasteiger partial charge in [0.1, 0.15) is 5.75 Å². The van der Waals surface area contributed by atoms with Crippen molar-refractivity contribution in [2.75, 3.05) is 45.7 Å². The van der Waals surface area contributed by atoms with E-state index in [1.54, 1.807) is 47.6 Å². The largest absolute Gasteiger partial charge is 0.490 e. The molecule has 0 fully saturated rings. The minimum atomic E-state index is -0.418. The topological polar surface area (TPSA) is 104 Å². The van der Waals surface area contributed by atoms with E-state index in [9.17, 15) is 14.7 Å². The van der Waals surface area contributed by atoms with Crippen molar-refractivity contribution in [2.24, 2.45) is 5.92 Å². The van der Waals surface area contributed by atoms with Gasteiger partial charge in [-0.2, -0.15) is 0 Å². The monoisotopic (exact) mass is 526 g/mol. The van der Waals surface area contributed by atoms with Gasteiger partial charge in [0, 0.05) is 49.3 Å². The predicted molar refractivity (Wildman–Crippen MR) is 148 cm³/mol. The van der Waals surface area contributed by atoms with E-state index >= 15 is 0 Å². The second-order valence-corrected chi connectivity index (χ2v) is 10.5. The summed E-state index contributed by atoms with van der Waals surface area (Å²) in [6, 6.07) is 7.97. The molecule has 1 aromatic carbocycles. The highest BCUT2D eigenvalue weighted by molar-refractivity contribution is 6.05. The maximum atomic E-state index is 14.1. The molecule has 2 N–H and O–H groups in total. The molecule has 1 aliphatic heterocycles. The Morgan fingerprint density at radius 2 is 1.95 bits per heavy atom. The Kier molecular flexibility index (Phi) is 11.1. The number of anilines is 1. The highest BCUT2D eigenvalue weighted by Gasteiger charge is 2.30. The molecular formula is C29H42N4O5. The lowest BCUT2D eigenvalue weighted by atomic mass is 10.0. The van der Waals surface area contributed by atoms with Crippen LogP contribution in [0.15, 0.2) is 42.7 Å². The van der Waals surface area contributed by atoms with Crippen LogP contribution in [0, 0.1) is 5.92 Å². The molecule has 2 heterocycles. The molecule has 3 rings (SSSR count). The number of carbonyl (C=O) groups excluding carboxylic acids is 2. The lowest BCUT2D eigenvalue weighted by molar-refractivity contribution is -0.0137. The van der Waals surface area contributed by atoms with Gasteiger partial charge in [0.05, 0.1) is 30.4 Å². The molecule has 9 heteroatoms. The SMILES string of the molecule is C[C@H]1CCCCO[C@@H](CN(C)C)[C@@H](C)CN([C@@H](C)CO)C(=O)c2cc(NC(=O)c3ccncc3)ccc2O1. The van der Waals surface area contributed by atoms with E-state index in [4.69, 9.17) is 9.47 Å². The number of aliphatic hydroxyl groups excluding tert-OH is 1. The van der Waals surface area contributed by atoms with E-state index in [-0.39, 0.29) is 36.5 Å². The number of aliphatic hydroxyl groups is 1. The number of carbonyl (C=O) groups is 2. The zero-order valence-electron chi connectivity index (χ0n) is 23.2. The Hall–Kier alpha value is -3.01. The van der Waals surface area contributed by atoms with Gasteiger partial charge in [-0.25, -0.2) is 0 Å². The van der Waals surface area contributed by atoms with Gasteiger partial charge in [-0.15, -0.1) is 0 Å². The summed E-state index contributed by atoms with van der Waals surface area (Å²) in [6.45, 7) is 7.51. The van der Waals surface area contributed by atoms with Crippen molar-refractivity contribution in [3.63, 3.8) is 0 Å². The van der Waals surface area contributed by atoms with Gasteiger partial charge in [0.15, 0.2) is 0 Å². The van der Waals surface area contributed by atoms with Crippen molar-refractivity contribution in [2.45, 2.75) is 58.3 Å². The Labute approximate surface area is 226 Å². The molecule has 1 aliphatic rings. The number of benzene rings is 1. The van der Waals surface area contributed by atoms with E-state index in [1.165, 1.54) is 0 Å². The highest BCUT2D eigenvalue weighted by Crippen LogP contribution is 2.28. The van der Waals surface area contributed by atoms with Crippen molar-refractivity contribution in [3.05, 3.63) is 53.9 Å². The van der Waals surface area contributed by atoms with E-state index in [0.29, 0.717) is 35.7 Å². The number of pyridine rings is 1. The first kappa shape index (κ1) is 29.5. The van der Waals surface area contributed by atoms with Crippen LogP contribution in [-0.2, 0) is 4.74 Å². The summed E-state index contributed by atoms with van der Waals surface area (Å²) in [5.74, 6) is -0.0735. The number of nitrogens with one attached hydrogen (secondary N) is 1. The van der Waals surface area contributed by atoms with E-state index in [0.717, 1.165) is 25.8 Å². The van der Waals surface area contributed by atoms with Crippen molar-refractivity contribution >= 4 is 17.5 Å². The van der Waals surface area contributed by atoms with E-state index in [2.05, 4.69) is 22.1 Å². The van der Waals surface area contributed by atoms with Crippen molar-refractivity contribution < 1.29 is 24.2 Å². The third-order valence-electron chi connectivity index (χ3n) is 6.80. The van der Waals surface area contributed by atoms with Crippen molar-refractivity contribution in [3.8, 4) is 5.75 Å². The van der Waals surface area contributed by atoms with Crippen LogP contribution in [0.25, 0.3) is 0 Å². The summed E-state index contributed by atoms with van der Waals surface area (Å²) in [5, 5.41) is 12.9. The van der Waals surface area contributed by atoms with Gasteiger partial charge >= 0.3 is 0 Å². The van der Waals surface area contributed by atoms with Crippen molar-refractivity contribution in [1.29, 1.82) is 0 Å². The number of nitrogens with zero attached hydrogens (tertiary/aromatic N) is 3. The number of hydrogen-bond donors (Lipinski definition) is 2. The van der Waals surface area contributed by atoms with Crippen LogP contribution in [0.4, 0.5) is 5.69 Å². The maximum Gasteiger partial charge on any atom is 0.258 e. The number of amides is 2. The van der Waals surface area contributed by atoms with Crippen LogP contribution >= 0.6 is 0 Å². The molecule has 0 unspecified atom stereocenters. The molecule has 38 heavy (non-hydrogen) atoms. The molecule has 2 aromatic rings. The summed E-state index contributed by atoms with van der Waals surface area (Å²) in [7, 11) is 4.02. The zero-order chi connectivity index (χ0) is 27.7. The summed E-state index contributed by atoms with van der Waals surface area (Å²) in [6.07, 6.45) is 5.63. The zero-order valence-corrected chi connectivity index (χ0v) is 23.2. The molecule has 0 saturated carbocycles. The fraction of sp³-hybridized carbons (Fsp3) is 0.552. The van der Waals surface area contributed by atoms with Crippen molar-refractivity contribution in [1.82, 2.24) is 14.8 Å². The van der Waals surface area contributed by atoms with Gasteiger partial charge < -0.3 is 29.7 Å². The molecule has 0 aliphatic carbocycles. The van der Waals surface area contributed by atoms with Gasteiger partial charge in [-0.1, -0.05) is 6.92 Å². The van der Waals surface area contributed by atoms with Gasteiger partial charge in [0.2, 0.25) is 0 Å². The van der Waals surface area contributed by atoms with E-state index < -0.39 is 6.04 Å². The Bertz CT molecular complexity index is 1050. The number of rotatable bonds is 6. The highest BCUT2D eigenvalue weighted by atomic mass is 16.5. The number of fused-ring (bicyclic) bond motifs is 1. The lowest BCUT2D eigenvalue weighted by Gasteiger charge is -2.35. The molecule has 0 spiro atoms. The molecule has 0 radical (unpaired) electrons. The number of aromatic nitrogens is 1. The fourth-order valence-electron chi connectivity index (χ4n) is 4.53. The molecule has 208 valence electrons. The first-order valence-electron chi connectivity index (χ1n) is 13.4. The second kappa shape index (κ2) is 14.2. The average molecular weight is 527 g/mol. The summed E-state index contributed by atoms with van der Waals surface area (Å²) in [4.78, 5) is 34.6. The van der Waals surface area contributed by atoms with Crippen LogP contribution in [0.1, 0.15) is 60.7 Å². The van der Waals surface area contributed by atoms with Crippen LogP contribution in [0.5, 0.6) is 5.75 Å². The Morgan fingerprint density at radius 3 is 2.63 bits per heavy atom. The first-order chi connectivity index (χ1) is 18.2. The van der Waals surface area contributed by atoms with Crippen LogP contribution in [0.2, 0.25) is 0 Å². The Morgan fingerprint density at radius 1 is 1.21 bits per heavy atom. The summed E-state index contributed by atoms with van der Waals surface area (Å²) in [5.41, 5.74) is 1.29. The van der Waals surface area contributed by atoms with Crippen LogP contribution in [-0.4, -0.2) is 90.4 Å². The number of ether oxygens (including phenoxy) is 2. The van der Waals surface area contributed by atoms with Crippen LogP contribution < -0.4 is 10.1 Å². The Balaban J connectivity index is 1.98. The molecule has 0 bridgehead atoms. The standard InChI is InChI=1S/C29H42N4O5/c1-20-17-33(21(2)19-34)29(36)25-16-24(31-28(35)23-11-13-30-14-12-23)9-10-26(25)38-22(3)8-6-7-15-37-27(20)18-32(4)5/h9-14,16,20-22,27,34H,6-8,15,17-19H2,1-5H3,(H,31,35)/t20-,21-,22-,27-/m0/s1. The fourth-order valence-corrected chi connectivity index (χ4v) is 4.53. The smallest absolute Gasteiger partial charge is 0.258 e. The molecule has 0 saturated heterocycles. The second-order valence-electron chi connectivity index (χ2n) is 10.5. The van der Waals surface area contributed by atoms with Crippen LogP contribution in [0.3, 0.4) is 0 Å². The molecule has 4 atom stereocenters. The third-order valence-corrected chi connectivity index (χ3v) is 6.80. The summed E-state index contributed by atoms with van der Waals surface area (Å²) >= 11 is 0. The van der Waals surface area contributed by atoms with Gasteiger partial charge in [-0.3, -0.25) is 14.6 Å². The average Bonchev–Trinajstić information content (AvgIpc) is 2.90. The molecule has 1 aromatic heterocycles. The normalized spacial score (nSPS) is 22.2. The predicted octanol–water partition coefficient (Wildman–Crippen LogP) is 3.69. The van der Waals surface area contributed by atoms with E-state index in [1.807, 2.05) is 27.9 Å². The quantitative estimate of drug-likeness (QED) is 0.592. The molecule has 9 nitrogen and oxygen atoms in total. The summed E-state index contributed by atoms with van der Waals surface area (Å²) < 4.78 is 12.5.